The van der Waals surface area contributed by atoms with Crippen molar-refractivity contribution in [3.63, 3.8) is 0 Å². The van der Waals surface area contributed by atoms with Gasteiger partial charge in [-0.15, -0.1) is 0 Å². The first-order chi connectivity index (χ1) is 10.1. The van der Waals surface area contributed by atoms with E-state index in [4.69, 9.17) is 9.84 Å². The first kappa shape index (κ1) is 17.5. The number of carbonyl (C=O) groups is 2. The molecule has 0 aliphatic carbocycles. The van der Waals surface area contributed by atoms with Crippen LogP contribution in [0.2, 0.25) is 0 Å². The van der Waals surface area contributed by atoms with Crippen LogP contribution >= 0.6 is 0 Å². The smallest absolute Gasteiger partial charge is 0.408 e. The Morgan fingerprint density at radius 2 is 2.00 bits per heavy atom. The number of carboxylic acids is 1. The zero-order valence-corrected chi connectivity index (χ0v) is 12.9. The minimum atomic E-state index is -1.27. The molecule has 0 saturated carbocycles. The average Bonchev–Trinajstić information content (AvgIpc) is 2.34. The fraction of sp³-hybridized carbons (Fsp3) is 0.375. The molecule has 0 heterocycles. The second kappa shape index (κ2) is 6.94. The van der Waals surface area contributed by atoms with E-state index in [2.05, 4.69) is 17.2 Å². The Balaban J connectivity index is 2.82. The van der Waals surface area contributed by atoms with Gasteiger partial charge in [0.25, 0.3) is 0 Å². The van der Waals surface area contributed by atoms with Gasteiger partial charge in [-0.05, 0) is 45.9 Å². The second-order valence-electron chi connectivity index (χ2n) is 5.63. The van der Waals surface area contributed by atoms with Crippen LogP contribution < -0.4 is 5.32 Å². The van der Waals surface area contributed by atoms with Crippen molar-refractivity contribution in [1.29, 1.82) is 0 Å². The Morgan fingerprint density at radius 3 is 2.55 bits per heavy atom. The highest BCUT2D eigenvalue weighted by molar-refractivity contribution is 5.90. The number of aromatic carboxylic acids is 1. The zero-order valence-electron chi connectivity index (χ0n) is 12.9. The number of hydrogen-bond acceptors (Lipinski definition) is 3. The lowest BCUT2D eigenvalue weighted by molar-refractivity contribution is 0.0519. The molecule has 2 N–H and O–H groups in total. The summed E-state index contributed by atoms with van der Waals surface area (Å²) in [5.41, 5.74) is -0.672. The number of hydrogen-bond donors (Lipinski definition) is 2. The fourth-order valence-electron chi connectivity index (χ4n) is 1.51. The highest BCUT2D eigenvalue weighted by Crippen LogP contribution is 2.10. The monoisotopic (exact) mass is 307 g/mol. The van der Waals surface area contributed by atoms with E-state index in [9.17, 15) is 14.0 Å². The normalized spacial score (nSPS) is 11.9. The van der Waals surface area contributed by atoms with Gasteiger partial charge >= 0.3 is 12.1 Å². The summed E-state index contributed by atoms with van der Waals surface area (Å²) in [6.45, 7) is 6.84. The van der Waals surface area contributed by atoms with Crippen LogP contribution in [0.15, 0.2) is 18.2 Å². The van der Waals surface area contributed by atoms with Gasteiger partial charge in [0.2, 0.25) is 0 Å². The average molecular weight is 307 g/mol. The molecule has 1 rings (SSSR count). The topological polar surface area (TPSA) is 75.6 Å². The van der Waals surface area contributed by atoms with Crippen molar-refractivity contribution in [2.45, 2.75) is 39.3 Å². The summed E-state index contributed by atoms with van der Waals surface area (Å²) < 4.78 is 18.1. The maximum atomic E-state index is 13.1. The minimum absolute atomic E-state index is 0.173. The van der Waals surface area contributed by atoms with Gasteiger partial charge in [-0.25, -0.2) is 14.0 Å². The van der Waals surface area contributed by atoms with Gasteiger partial charge in [0, 0.05) is 5.56 Å². The molecular weight excluding hydrogens is 289 g/mol. The molecule has 0 aliphatic heterocycles. The largest absolute Gasteiger partial charge is 0.478 e. The number of halogens is 1. The highest BCUT2D eigenvalue weighted by Gasteiger charge is 2.17. The molecule has 0 bridgehead atoms. The summed E-state index contributed by atoms with van der Waals surface area (Å²) >= 11 is 0. The Morgan fingerprint density at radius 1 is 1.36 bits per heavy atom. The molecule has 0 spiro atoms. The van der Waals surface area contributed by atoms with Crippen molar-refractivity contribution in [3.05, 3.63) is 35.1 Å². The highest BCUT2D eigenvalue weighted by atomic mass is 19.1. The van der Waals surface area contributed by atoms with Gasteiger partial charge in [-0.2, -0.15) is 0 Å². The molecule has 118 valence electrons. The maximum Gasteiger partial charge on any atom is 0.408 e. The molecule has 22 heavy (non-hydrogen) atoms. The Hall–Kier alpha value is -2.55. The first-order valence-corrected chi connectivity index (χ1v) is 6.62. The van der Waals surface area contributed by atoms with Gasteiger partial charge in [-0.3, -0.25) is 0 Å². The van der Waals surface area contributed by atoms with Crippen LogP contribution in [0.5, 0.6) is 0 Å². The first-order valence-electron chi connectivity index (χ1n) is 6.62. The molecular formula is C16H18FNO4. The SMILES string of the molecule is C[C@H](C#Cc1ccc(F)cc1C(=O)O)NC(=O)OC(C)(C)C. The molecule has 1 aromatic rings. The molecule has 1 atom stereocenters. The third-order valence-corrected chi connectivity index (χ3v) is 2.37. The molecule has 0 fully saturated rings. The van der Waals surface area contributed by atoms with Gasteiger partial charge in [0.15, 0.2) is 0 Å². The number of rotatable bonds is 2. The Labute approximate surface area is 128 Å². The summed E-state index contributed by atoms with van der Waals surface area (Å²) in [7, 11) is 0. The predicted molar refractivity (Wildman–Crippen MR) is 79.1 cm³/mol. The van der Waals surface area contributed by atoms with Crippen molar-refractivity contribution in [2.75, 3.05) is 0 Å². The van der Waals surface area contributed by atoms with Gasteiger partial charge in [0.1, 0.15) is 11.4 Å². The van der Waals surface area contributed by atoms with Gasteiger partial charge < -0.3 is 15.2 Å². The lowest BCUT2D eigenvalue weighted by Crippen LogP contribution is -2.37. The van der Waals surface area contributed by atoms with E-state index in [0.29, 0.717) is 0 Å². The van der Waals surface area contributed by atoms with Crippen LogP contribution in [0, 0.1) is 17.7 Å². The molecule has 0 unspecified atom stereocenters. The number of alkyl carbamates (subject to hydrolysis) is 1. The number of nitrogens with one attached hydrogen (secondary N) is 1. The molecule has 0 aliphatic rings. The molecule has 6 heteroatoms. The summed E-state index contributed by atoms with van der Waals surface area (Å²) in [6, 6.07) is 2.76. The summed E-state index contributed by atoms with van der Waals surface area (Å²) in [5, 5.41) is 11.5. The molecule has 0 radical (unpaired) electrons. The fourth-order valence-corrected chi connectivity index (χ4v) is 1.51. The van der Waals surface area contributed by atoms with Crippen LogP contribution in [-0.2, 0) is 4.74 Å². The van der Waals surface area contributed by atoms with Gasteiger partial charge in [-0.1, -0.05) is 11.8 Å². The Kier molecular flexibility index (Phi) is 5.52. The van der Waals surface area contributed by atoms with Crippen LogP contribution in [0.25, 0.3) is 0 Å². The van der Waals surface area contributed by atoms with Crippen LogP contribution in [0.4, 0.5) is 9.18 Å². The number of amides is 1. The number of carbonyl (C=O) groups excluding carboxylic acids is 1. The van der Waals surface area contributed by atoms with Crippen LogP contribution in [0.3, 0.4) is 0 Å². The van der Waals surface area contributed by atoms with E-state index >= 15 is 0 Å². The third-order valence-electron chi connectivity index (χ3n) is 2.37. The maximum absolute atomic E-state index is 13.1. The quantitative estimate of drug-likeness (QED) is 0.824. The van der Waals surface area contributed by atoms with Crippen molar-refractivity contribution in [1.82, 2.24) is 5.32 Å². The molecule has 0 aromatic heterocycles. The lowest BCUT2D eigenvalue weighted by Gasteiger charge is -2.20. The van der Waals surface area contributed by atoms with E-state index in [-0.39, 0.29) is 11.1 Å². The second-order valence-corrected chi connectivity index (χ2v) is 5.63. The lowest BCUT2D eigenvalue weighted by atomic mass is 10.1. The number of benzene rings is 1. The van der Waals surface area contributed by atoms with Gasteiger partial charge in [0.05, 0.1) is 11.6 Å². The molecule has 5 nitrogen and oxygen atoms in total. The van der Waals surface area contributed by atoms with Crippen LogP contribution in [-0.4, -0.2) is 28.8 Å². The molecule has 1 aromatic carbocycles. The van der Waals surface area contributed by atoms with E-state index in [1.807, 2.05) is 0 Å². The van der Waals surface area contributed by atoms with E-state index < -0.39 is 29.5 Å². The minimum Gasteiger partial charge on any atom is -0.478 e. The number of ether oxygens (including phenoxy) is 1. The summed E-state index contributed by atoms with van der Waals surface area (Å²) in [5.74, 6) is 3.39. The molecule has 0 saturated heterocycles. The molecule has 1 amide bonds. The van der Waals surface area contributed by atoms with Crippen molar-refractivity contribution in [2.24, 2.45) is 0 Å². The van der Waals surface area contributed by atoms with E-state index in [1.54, 1.807) is 27.7 Å². The van der Waals surface area contributed by atoms with Crippen molar-refractivity contribution in [3.8, 4) is 11.8 Å². The Bertz CT molecular complexity index is 638. The number of carboxylic acid groups (broad SMARTS) is 1. The van der Waals surface area contributed by atoms with E-state index in [1.165, 1.54) is 6.07 Å². The van der Waals surface area contributed by atoms with E-state index in [0.717, 1.165) is 12.1 Å². The summed E-state index contributed by atoms with van der Waals surface area (Å²) in [6.07, 6.45) is -0.619. The predicted octanol–water partition coefficient (Wildman–Crippen LogP) is 2.79. The van der Waals surface area contributed by atoms with Crippen molar-refractivity contribution < 1.29 is 23.8 Å². The van der Waals surface area contributed by atoms with Crippen molar-refractivity contribution >= 4 is 12.1 Å². The standard InChI is InChI=1S/C16H18FNO4/c1-10(18-15(21)22-16(2,3)4)5-6-11-7-8-12(17)9-13(11)14(19)20/h7-10H,1-4H3,(H,18,21)(H,19,20)/t10-/m1/s1. The summed E-state index contributed by atoms with van der Waals surface area (Å²) in [4.78, 5) is 22.6. The van der Waals surface area contributed by atoms with Crippen LogP contribution in [0.1, 0.15) is 43.6 Å². The third kappa shape index (κ3) is 5.83. The zero-order chi connectivity index (χ0) is 16.9.